The van der Waals surface area contributed by atoms with Gasteiger partial charge in [0.25, 0.3) is 0 Å². The number of carbonyl (C=O) groups is 4. The van der Waals surface area contributed by atoms with Crippen LogP contribution in [0.3, 0.4) is 0 Å². The van der Waals surface area contributed by atoms with Gasteiger partial charge in [0.05, 0.1) is 0 Å². The molecule has 42 heavy (non-hydrogen) atoms. The molecule has 0 aromatic heterocycles. The van der Waals surface area contributed by atoms with E-state index in [-0.39, 0.29) is 42.0 Å². The highest BCUT2D eigenvalue weighted by Gasteiger charge is 2.32. The maximum Gasteiger partial charge on any atom is 0.243 e. The third-order valence-corrected chi connectivity index (χ3v) is 7.95. The predicted molar refractivity (Wildman–Crippen MR) is 169 cm³/mol. The summed E-state index contributed by atoms with van der Waals surface area (Å²) < 4.78 is 0. The lowest BCUT2D eigenvalue weighted by atomic mass is 9.99. The van der Waals surface area contributed by atoms with E-state index in [9.17, 15) is 19.2 Å². The number of unbranched alkanes of at least 4 members (excludes halogenated alkanes) is 10. The van der Waals surface area contributed by atoms with Crippen molar-refractivity contribution < 1.29 is 19.2 Å². The minimum absolute atomic E-state index is 0.0890. The summed E-state index contributed by atoms with van der Waals surface area (Å²) in [5.41, 5.74) is 11.3. The number of hydrogen-bond donors (Lipinski definition) is 6. The Morgan fingerprint density at radius 2 is 1.05 bits per heavy atom. The van der Waals surface area contributed by atoms with Crippen LogP contribution in [0.15, 0.2) is 0 Å². The zero-order valence-electron chi connectivity index (χ0n) is 26.8. The van der Waals surface area contributed by atoms with Gasteiger partial charge in [-0.15, -0.1) is 0 Å². The highest BCUT2D eigenvalue weighted by Crippen LogP contribution is 2.15. The molecule has 1 fully saturated rings. The number of nitrogens with two attached hydrogens (primary N) is 2. The van der Waals surface area contributed by atoms with E-state index in [1.807, 2.05) is 13.8 Å². The van der Waals surface area contributed by atoms with E-state index in [0.29, 0.717) is 58.0 Å². The van der Waals surface area contributed by atoms with E-state index >= 15 is 0 Å². The van der Waals surface area contributed by atoms with Crippen molar-refractivity contribution in [3.05, 3.63) is 0 Å². The third kappa shape index (κ3) is 17.0. The average Bonchev–Trinajstić information content (AvgIpc) is 2.94. The van der Waals surface area contributed by atoms with Crippen LogP contribution in [0.4, 0.5) is 0 Å². The third-order valence-electron chi connectivity index (χ3n) is 7.95. The SMILES string of the molecule is CCCCCCCCCCC[C@@H]1CC(=O)N[C@@H](CCCCN)C(=O)N[C@@H](CCCCN)C(=O)N[C@@H](CC(C)C)C(=O)N1. The molecule has 0 saturated carbocycles. The summed E-state index contributed by atoms with van der Waals surface area (Å²) in [7, 11) is 0. The van der Waals surface area contributed by atoms with Gasteiger partial charge in [0, 0.05) is 12.5 Å². The molecule has 0 aliphatic carbocycles. The number of hydrogen-bond acceptors (Lipinski definition) is 6. The van der Waals surface area contributed by atoms with Gasteiger partial charge >= 0.3 is 0 Å². The monoisotopic (exact) mass is 594 g/mol. The van der Waals surface area contributed by atoms with E-state index < -0.39 is 18.1 Å². The average molecular weight is 595 g/mol. The minimum atomic E-state index is -0.820. The summed E-state index contributed by atoms with van der Waals surface area (Å²) in [5.74, 6) is -1.17. The molecule has 1 aliphatic rings. The van der Waals surface area contributed by atoms with Crippen LogP contribution in [0, 0.1) is 5.92 Å². The second-order valence-corrected chi connectivity index (χ2v) is 12.5. The van der Waals surface area contributed by atoms with Crippen LogP contribution in [0.2, 0.25) is 0 Å². The Bertz CT molecular complexity index is 778. The Balaban J connectivity index is 3.05. The Labute approximate surface area is 255 Å². The van der Waals surface area contributed by atoms with Crippen LogP contribution < -0.4 is 32.7 Å². The lowest BCUT2D eigenvalue weighted by Crippen LogP contribution is -2.56. The van der Waals surface area contributed by atoms with Gasteiger partial charge < -0.3 is 32.7 Å². The molecule has 10 nitrogen and oxygen atoms in total. The van der Waals surface area contributed by atoms with Gasteiger partial charge in [-0.2, -0.15) is 0 Å². The quantitative estimate of drug-likeness (QED) is 0.118. The van der Waals surface area contributed by atoms with Crippen molar-refractivity contribution in [1.82, 2.24) is 21.3 Å². The van der Waals surface area contributed by atoms with Crippen molar-refractivity contribution in [1.29, 1.82) is 0 Å². The Morgan fingerprint density at radius 3 is 1.57 bits per heavy atom. The molecule has 8 N–H and O–H groups in total. The van der Waals surface area contributed by atoms with Crippen LogP contribution in [0.5, 0.6) is 0 Å². The summed E-state index contributed by atoms with van der Waals surface area (Å²) in [6, 6.07) is -2.72. The fourth-order valence-corrected chi connectivity index (χ4v) is 5.48. The summed E-state index contributed by atoms with van der Waals surface area (Å²) in [5, 5.41) is 11.8. The Morgan fingerprint density at radius 1 is 0.595 bits per heavy atom. The maximum absolute atomic E-state index is 13.5. The fraction of sp³-hybridized carbons (Fsp3) is 0.875. The number of carbonyl (C=O) groups excluding carboxylic acids is 4. The van der Waals surface area contributed by atoms with E-state index in [1.165, 1.54) is 38.5 Å². The standard InChI is InChI=1S/C32H62N6O4/c1-4-5-6-7-8-9-10-11-12-17-25-23-29(39)36-26(18-13-15-20-33)30(40)37-27(19-14-16-21-34)31(41)38-28(22-24(2)3)32(42)35-25/h24-28H,4-23,33-34H2,1-3H3,(H,35,42)(H,36,39)(H,37,40)(H,38,41)/t25-,26+,27+,28+/m1/s1. The van der Waals surface area contributed by atoms with Crippen LogP contribution in [0.1, 0.15) is 136 Å². The van der Waals surface area contributed by atoms with Gasteiger partial charge in [-0.3, -0.25) is 19.2 Å². The van der Waals surface area contributed by atoms with Gasteiger partial charge in [-0.25, -0.2) is 0 Å². The van der Waals surface area contributed by atoms with Gasteiger partial charge in [0.15, 0.2) is 0 Å². The lowest BCUT2D eigenvalue weighted by Gasteiger charge is -2.26. The molecule has 0 bridgehead atoms. The van der Waals surface area contributed by atoms with Crippen molar-refractivity contribution in [3.63, 3.8) is 0 Å². The summed E-state index contributed by atoms with van der Waals surface area (Å²) in [6.45, 7) is 7.20. The molecule has 1 rings (SSSR count). The number of rotatable bonds is 20. The number of nitrogens with one attached hydrogen (secondary N) is 4. The smallest absolute Gasteiger partial charge is 0.243 e. The topological polar surface area (TPSA) is 168 Å². The molecule has 244 valence electrons. The second-order valence-electron chi connectivity index (χ2n) is 12.5. The number of amides is 4. The molecular weight excluding hydrogens is 532 g/mol. The zero-order chi connectivity index (χ0) is 31.2. The lowest BCUT2D eigenvalue weighted by molar-refractivity contribution is -0.133. The van der Waals surface area contributed by atoms with Crippen molar-refractivity contribution in [3.8, 4) is 0 Å². The molecule has 10 heteroatoms. The summed E-state index contributed by atoms with van der Waals surface area (Å²) >= 11 is 0. The van der Waals surface area contributed by atoms with Crippen LogP contribution in [0.25, 0.3) is 0 Å². The van der Waals surface area contributed by atoms with E-state index in [2.05, 4.69) is 28.2 Å². The molecule has 0 radical (unpaired) electrons. The maximum atomic E-state index is 13.5. The highest BCUT2D eigenvalue weighted by atomic mass is 16.2. The van der Waals surface area contributed by atoms with E-state index in [0.717, 1.165) is 25.7 Å². The first-order chi connectivity index (χ1) is 20.2. The van der Waals surface area contributed by atoms with Crippen molar-refractivity contribution in [2.75, 3.05) is 13.1 Å². The van der Waals surface area contributed by atoms with Crippen molar-refractivity contribution in [2.24, 2.45) is 17.4 Å². The Hall–Kier alpha value is -2.20. The fourth-order valence-electron chi connectivity index (χ4n) is 5.48. The van der Waals surface area contributed by atoms with Crippen LogP contribution in [-0.2, 0) is 19.2 Å². The van der Waals surface area contributed by atoms with E-state index in [4.69, 9.17) is 11.5 Å². The normalized spacial score (nSPS) is 22.4. The largest absolute Gasteiger partial charge is 0.351 e. The van der Waals surface area contributed by atoms with Gasteiger partial charge in [-0.05, 0) is 70.4 Å². The zero-order valence-corrected chi connectivity index (χ0v) is 26.8. The first-order valence-electron chi connectivity index (χ1n) is 16.8. The molecule has 0 aromatic carbocycles. The van der Waals surface area contributed by atoms with Crippen LogP contribution >= 0.6 is 0 Å². The first kappa shape index (κ1) is 37.8. The molecule has 0 spiro atoms. The summed E-state index contributed by atoms with van der Waals surface area (Å²) in [4.78, 5) is 53.5. The van der Waals surface area contributed by atoms with E-state index in [1.54, 1.807) is 0 Å². The van der Waals surface area contributed by atoms with Gasteiger partial charge in [0.2, 0.25) is 23.6 Å². The first-order valence-corrected chi connectivity index (χ1v) is 16.8. The molecule has 1 heterocycles. The van der Waals surface area contributed by atoms with Crippen molar-refractivity contribution in [2.45, 2.75) is 161 Å². The molecule has 0 unspecified atom stereocenters. The molecule has 0 aromatic rings. The molecule has 4 atom stereocenters. The molecule has 4 amide bonds. The Kier molecular flexibility index (Phi) is 21.0. The molecule has 1 saturated heterocycles. The minimum Gasteiger partial charge on any atom is -0.351 e. The van der Waals surface area contributed by atoms with Gasteiger partial charge in [0.1, 0.15) is 18.1 Å². The van der Waals surface area contributed by atoms with Crippen LogP contribution in [-0.4, -0.2) is 60.9 Å². The van der Waals surface area contributed by atoms with Gasteiger partial charge in [-0.1, -0.05) is 78.6 Å². The van der Waals surface area contributed by atoms with Crippen molar-refractivity contribution >= 4 is 23.6 Å². The predicted octanol–water partition coefficient (Wildman–Crippen LogP) is 3.55. The second kappa shape index (κ2) is 23.3. The summed E-state index contributed by atoms with van der Waals surface area (Å²) in [6.07, 6.45) is 15.5. The molecular formula is C32H62N6O4. The molecule has 1 aliphatic heterocycles. The highest BCUT2D eigenvalue weighted by molar-refractivity contribution is 5.95.